The number of hydrogen-bond donors (Lipinski definition) is 6. The number of aromatic nitrogens is 5. The molecule has 1 aliphatic rings. The van der Waals surface area contributed by atoms with Crippen LogP contribution in [0, 0.1) is 0 Å². The number of anilines is 1. The van der Waals surface area contributed by atoms with E-state index in [-0.39, 0.29) is 5.56 Å². The molecule has 4 aromatic heterocycles. The Balaban J connectivity index is 1.12. The highest BCUT2D eigenvalue weighted by Gasteiger charge is 2.33. The first kappa shape index (κ1) is 31.8. The first-order valence-corrected chi connectivity index (χ1v) is 15.3. The molecule has 6 rings (SSSR count). The summed E-state index contributed by atoms with van der Waals surface area (Å²) < 4.78 is 5.57. The van der Waals surface area contributed by atoms with E-state index in [0.717, 1.165) is 24.3 Å². The van der Waals surface area contributed by atoms with E-state index in [0.29, 0.717) is 60.8 Å². The van der Waals surface area contributed by atoms with E-state index >= 15 is 0 Å². The third-order valence-corrected chi connectivity index (χ3v) is 8.28. The van der Waals surface area contributed by atoms with Crippen LogP contribution in [-0.4, -0.2) is 92.8 Å². The SMILES string of the molecule is COc1cnc(-c2cc(CNCCc3ccncc3)[nH]n2)c2[nH]cc(C(=O)C(=O)N3CCN(C(NN)N(N)c4ccccc4)CC3)c12. The minimum Gasteiger partial charge on any atom is -0.494 e. The molecule has 8 N–H and O–H groups in total. The predicted molar refractivity (Wildman–Crippen MR) is 177 cm³/mol. The van der Waals surface area contributed by atoms with Crippen molar-refractivity contribution < 1.29 is 14.3 Å². The summed E-state index contributed by atoms with van der Waals surface area (Å²) >= 11 is 0. The number of fused-ring (bicyclic) bond motifs is 1. The van der Waals surface area contributed by atoms with Gasteiger partial charge in [0.05, 0.1) is 35.5 Å². The average molecular weight is 639 g/mol. The van der Waals surface area contributed by atoms with Gasteiger partial charge in [-0.1, -0.05) is 18.2 Å². The Bertz CT molecular complexity index is 1800. The number of nitrogens with one attached hydrogen (secondary N) is 4. The van der Waals surface area contributed by atoms with E-state index in [4.69, 9.17) is 16.4 Å². The maximum atomic E-state index is 13.7. The van der Waals surface area contributed by atoms with Gasteiger partial charge in [-0.15, -0.1) is 0 Å². The van der Waals surface area contributed by atoms with Gasteiger partial charge in [0.25, 0.3) is 11.7 Å². The predicted octanol–water partition coefficient (Wildman–Crippen LogP) is 1.14. The fourth-order valence-electron chi connectivity index (χ4n) is 5.76. The molecule has 5 aromatic rings. The van der Waals surface area contributed by atoms with Crippen LogP contribution >= 0.6 is 0 Å². The van der Waals surface area contributed by atoms with Crippen LogP contribution in [0.1, 0.15) is 21.6 Å². The zero-order valence-corrected chi connectivity index (χ0v) is 26.0. The molecule has 15 heteroatoms. The van der Waals surface area contributed by atoms with Crippen LogP contribution in [0.5, 0.6) is 5.75 Å². The van der Waals surface area contributed by atoms with Crippen LogP contribution in [0.25, 0.3) is 22.3 Å². The van der Waals surface area contributed by atoms with Crippen molar-refractivity contribution >= 4 is 28.3 Å². The summed E-state index contributed by atoms with van der Waals surface area (Å²) in [5.41, 5.74) is 7.51. The van der Waals surface area contributed by atoms with Crippen molar-refractivity contribution in [2.45, 2.75) is 19.3 Å². The van der Waals surface area contributed by atoms with Gasteiger partial charge < -0.3 is 19.9 Å². The monoisotopic (exact) mass is 638 g/mol. The summed E-state index contributed by atoms with van der Waals surface area (Å²) in [6.45, 7) is 2.94. The number of pyridine rings is 2. The topological polar surface area (TPSA) is 199 Å². The zero-order chi connectivity index (χ0) is 32.8. The molecular formula is C32H38N12O3. The number of aromatic amines is 2. The lowest BCUT2D eigenvalue weighted by molar-refractivity contribution is -0.128. The quantitative estimate of drug-likeness (QED) is 0.0269. The van der Waals surface area contributed by atoms with Gasteiger partial charge in [-0.3, -0.25) is 35.4 Å². The number of rotatable bonds is 13. The second-order valence-corrected chi connectivity index (χ2v) is 11.1. The van der Waals surface area contributed by atoms with E-state index in [1.807, 2.05) is 53.4 Å². The fourth-order valence-corrected chi connectivity index (χ4v) is 5.76. The van der Waals surface area contributed by atoms with Crippen molar-refractivity contribution in [3.63, 3.8) is 0 Å². The molecule has 0 bridgehead atoms. The fraction of sp³-hybridized carbons (Fsp3) is 0.281. The maximum Gasteiger partial charge on any atom is 0.295 e. The number of ether oxygens (including phenoxy) is 1. The molecule has 1 amide bonds. The number of methoxy groups -OCH3 is 1. The zero-order valence-electron chi connectivity index (χ0n) is 26.0. The summed E-state index contributed by atoms with van der Waals surface area (Å²) in [6.07, 6.45) is 7.02. The number of piperazine rings is 1. The molecule has 0 saturated carbocycles. The second kappa shape index (κ2) is 14.5. The molecular weight excluding hydrogens is 600 g/mol. The molecule has 244 valence electrons. The number of nitrogens with two attached hydrogens (primary N) is 2. The molecule has 1 aliphatic heterocycles. The minimum absolute atomic E-state index is 0.208. The van der Waals surface area contributed by atoms with Gasteiger partial charge in [0.1, 0.15) is 17.1 Å². The van der Waals surface area contributed by atoms with Gasteiger partial charge in [0.15, 0.2) is 6.29 Å². The number of benzene rings is 1. The highest BCUT2D eigenvalue weighted by molar-refractivity contribution is 6.45. The van der Waals surface area contributed by atoms with Crippen LogP contribution < -0.4 is 32.2 Å². The summed E-state index contributed by atoms with van der Waals surface area (Å²) in [4.78, 5) is 42.5. The van der Waals surface area contributed by atoms with Crippen molar-refractivity contribution in [2.75, 3.05) is 44.8 Å². The summed E-state index contributed by atoms with van der Waals surface area (Å²) in [5, 5.41) is 12.9. The van der Waals surface area contributed by atoms with Gasteiger partial charge in [-0.2, -0.15) is 5.10 Å². The van der Waals surface area contributed by atoms with Gasteiger partial charge in [-0.25, -0.2) is 16.3 Å². The molecule has 5 heterocycles. The summed E-state index contributed by atoms with van der Waals surface area (Å²) in [5.74, 6) is 11.3. The average Bonchev–Trinajstić information content (AvgIpc) is 3.79. The highest BCUT2D eigenvalue weighted by atomic mass is 16.5. The van der Waals surface area contributed by atoms with Gasteiger partial charge >= 0.3 is 0 Å². The molecule has 1 aromatic carbocycles. The van der Waals surface area contributed by atoms with E-state index in [2.05, 4.69) is 35.9 Å². The smallest absolute Gasteiger partial charge is 0.295 e. The number of para-hydroxylation sites is 1. The van der Waals surface area contributed by atoms with Crippen molar-refractivity contribution in [1.29, 1.82) is 0 Å². The summed E-state index contributed by atoms with van der Waals surface area (Å²) in [6, 6.07) is 15.4. The Morgan fingerprint density at radius 2 is 1.87 bits per heavy atom. The molecule has 47 heavy (non-hydrogen) atoms. The Morgan fingerprint density at radius 1 is 1.11 bits per heavy atom. The molecule has 1 atom stereocenters. The number of Topliss-reactive ketones (excluding diaryl/α,β-unsaturated/α-hetero) is 1. The highest BCUT2D eigenvalue weighted by Crippen LogP contribution is 2.34. The van der Waals surface area contributed by atoms with Crippen molar-refractivity contribution in [3.05, 3.63) is 90.1 Å². The molecule has 1 unspecified atom stereocenters. The number of nitrogens with zero attached hydrogens (tertiary/aromatic N) is 6. The molecule has 1 saturated heterocycles. The number of amides is 1. The number of H-pyrrole nitrogens is 2. The number of carbonyl (C=O) groups is 2. The van der Waals surface area contributed by atoms with Gasteiger partial charge in [0.2, 0.25) is 0 Å². The normalized spacial score (nSPS) is 14.3. The Morgan fingerprint density at radius 3 is 2.60 bits per heavy atom. The standard InChI is InChI=1S/C32H38N12O3/c1-47-26-20-38-28(25-17-22(40-41-25)18-36-12-9-21-7-10-35-11-8-21)29-27(26)24(19-37-29)30(45)31(46)42-13-15-43(16-14-42)32(39-33)44(34)23-5-3-2-4-6-23/h2-8,10-11,17,19-20,32,36-37,39H,9,12-16,18,33-34H2,1H3,(H,40,41). The van der Waals surface area contributed by atoms with Crippen molar-refractivity contribution in [1.82, 2.24) is 45.7 Å². The number of hydrogen-bond acceptors (Lipinski definition) is 12. The third kappa shape index (κ3) is 6.84. The lowest BCUT2D eigenvalue weighted by atomic mass is 10.1. The number of ketones is 1. The van der Waals surface area contributed by atoms with Crippen LogP contribution in [0.4, 0.5) is 5.69 Å². The van der Waals surface area contributed by atoms with Crippen LogP contribution in [0.3, 0.4) is 0 Å². The van der Waals surface area contributed by atoms with E-state index in [1.54, 1.807) is 17.3 Å². The Kier molecular flexibility index (Phi) is 9.80. The first-order chi connectivity index (χ1) is 23.0. The van der Waals surface area contributed by atoms with Crippen LogP contribution in [0.2, 0.25) is 0 Å². The van der Waals surface area contributed by atoms with E-state index in [1.165, 1.54) is 30.1 Å². The first-order valence-electron chi connectivity index (χ1n) is 15.3. The minimum atomic E-state index is -0.639. The molecule has 1 fully saturated rings. The summed E-state index contributed by atoms with van der Waals surface area (Å²) in [7, 11) is 1.50. The lowest BCUT2D eigenvalue weighted by Crippen LogP contribution is -2.65. The maximum absolute atomic E-state index is 13.7. The van der Waals surface area contributed by atoms with Crippen molar-refractivity contribution in [3.8, 4) is 17.1 Å². The third-order valence-electron chi connectivity index (χ3n) is 8.28. The van der Waals surface area contributed by atoms with Crippen LogP contribution in [-0.2, 0) is 17.8 Å². The molecule has 0 aliphatic carbocycles. The molecule has 0 radical (unpaired) electrons. The Labute approximate surface area is 271 Å². The van der Waals surface area contributed by atoms with Gasteiger partial charge in [0, 0.05) is 57.0 Å². The van der Waals surface area contributed by atoms with Crippen molar-refractivity contribution in [2.24, 2.45) is 11.7 Å². The molecule has 0 spiro atoms. The lowest BCUT2D eigenvalue weighted by Gasteiger charge is -2.42. The second-order valence-electron chi connectivity index (χ2n) is 11.1. The van der Waals surface area contributed by atoms with Crippen LogP contribution in [0.15, 0.2) is 73.3 Å². The number of hydrazine groups is 2. The largest absolute Gasteiger partial charge is 0.494 e. The van der Waals surface area contributed by atoms with E-state index < -0.39 is 18.0 Å². The number of carbonyl (C=O) groups excluding carboxylic acids is 2. The molecule has 15 nitrogen and oxygen atoms in total. The van der Waals surface area contributed by atoms with Gasteiger partial charge in [-0.05, 0) is 48.9 Å². The van der Waals surface area contributed by atoms with E-state index in [9.17, 15) is 9.59 Å². The Hall–Kier alpha value is -5.19.